The summed E-state index contributed by atoms with van der Waals surface area (Å²) in [5, 5.41) is 5.07. The van der Waals surface area contributed by atoms with E-state index < -0.39 is 0 Å². The lowest BCUT2D eigenvalue weighted by atomic mass is 9.75. The van der Waals surface area contributed by atoms with Crippen molar-refractivity contribution in [3.8, 4) is 44.8 Å². The molecule has 0 aliphatic heterocycles. The largest absolute Gasteiger partial charge is 0.309 e. The second kappa shape index (κ2) is 17.3. The van der Waals surface area contributed by atoms with Crippen LogP contribution in [-0.4, -0.2) is 9.13 Å². The van der Waals surface area contributed by atoms with Crippen LogP contribution in [0.3, 0.4) is 0 Å². The smallest absolute Gasteiger partial charge is 0.0541 e. The van der Waals surface area contributed by atoms with Crippen molar-refractivity contribution in [1.29, 1.82) is 0 Å². The predicted molar refractivity (Wildman–Crippen MR) is 317 cm³/mol. The van der Waals surface area contributed by atoms with Gasteiger partial charge in [0.1, 0.15) is 0 Å². The van der Waals surface area contributed by atoms with Crippen LogP contribution in [0, 0.1) is 0 Å². The zero-order chi connectivity index (χ0) is 49.5. The van der Waals surface area contributed by atoms with Crippen LogP contribution in [0.25, 0.3) is 113 Å². The summed E-state index contributed by atoms with van der Waals surface area (Å²) in [4.78, 5) is 0. The standard InChI is InChI=1S/C73H50N2/c1-3-15-59(16-4-1)74-69-21-11-9-19-63(69)65-45-55(37-41-71(65)74)53-33-27-49(28-34-53)23-25-51-31-39-61-62-40-32-52(44-68(62)73(67(61)43-51)47-57-13-7-8-14-58(57)48-73)26-24-50-29-35-54(36-30-50)56-38-42-72-66(46-56)64-20-10-12-22-70(64)75(72)60-17-5-2-6-18-60/h1-46H,47-48H2. The Morgan fingerprint density at radius 3 is 1.09 bits per heavy atom. The van der Waals surface area contributed by atoms with E-state index in [1.165, 1.54) is 133 Å². The van der Waals surface area contributed by atoms with Gasteiger partial charge in [-0.1, -0.05) is 218 Å². The first-order valence-corrected chi connectivity index (χ1v) is 26.2. The summed E-state index contributed by atoms with van der Waals surface area (Å²) in [5.41, 5.74) is 25.3. The summed E-state index contributed by atoms with van der Waals surface area (Å²) in [5.74, 6) is 0. The maximum Gasteiger partial charge on any atom is 0.0541 e. The van der Waals surface area contributed by atoms with Gasteiger partial charge >= 0.3 is 0 Å². The molecule has 0 N–H and O–H groups in total. The molecule has 11 aromatic carbocycles. The molecule has 0 atom stereocenters. The van der Waals surface area contributed by atoms with Gasteiger partial charge in [0.25, 0.3) is 0 Å². The van der Waals surface area contributed by atoms with E-state index in [0.29, 0.717) is 0 Å². The van der Waals surface area contributed by atoms with E-state index in [-0.39, 0.29) is 5.41 Å². The molecule has 1 spiro atoms. The first-order chi connectivity index (χ1) is 37.1. The van der Waals surface area contributed by atoms with Gasteiger partial charge in [0.05, 0.1) is 22.1 Å². The second-order valence-electron chi connectivity index (χ2n) is 20.6. The molecule has 2 nitrogen and oxygen atoms in total. The van der Waals surface area contributed by atoms with Gasteiger partial charge in [0.15, 0.2) is 0 Å². The van der Waals surface area contributed by atoms with Crippen molar-refractivity contribution < 1.29 is 0 Å². The van der Waals surface area contributed by atoms with E-state index >= 15 is 0 Å². The molecule has 13 aromatic rings. The number of nitrogens with zero attached hydrogens (tertiary/aromatic N) is 2. The maximum atomic E-state index is 2.48. The lowest BCUT2D eigenvalue weighted by Crippen LogP contribution is -2.26. The minimum atomic E-state index is -0.117. The van der Waals surface area contributed by atoms with Crippen LogP contribution in [0.15, 0.2) is 255 Å². The van der Waals surface area contributed by atoms with Crippen LogP contribution in [0.1, 0.15) is 44.5 Å². The Bertz CT molecular complexity index is 4140. The molecule has 15 rings (SSSR count). The highest BCUT2D eigenvalue weighted by molar-refractivity contribution is 6.11. The molecule has 0 unspecified atom stereocenters. The maximum absolute atomic E-state index is 2.48. The quantitative estimate of drug-likeness (QED) is 0.134. The van der Waals surface area contributed by atoms with Crippen LogP contribution in [0.2, 0.25) is 0 Å². The van der Waals surface area contributed by atoms with Crippen LogP contribution in [-0.2, 0) is 18.3 Å². The molecule has 0 saturated heterocycles. The number of aromatic nitrogens is 2. The Labute approximate surface area is 437 Å². The molecule has 2 aliphatic carbocycles. The highest BCUT2D eigenvalue weighted by Gasteiger charge is 2.47. The van der Waals surface area contributed by atoms with Crippen molar-refractivity contribution in [2.45, 2.75) is 18.3 Å². The molecular weight excluding hydrogens is 905 g/mol. The molecular formula is C73H50N2. The van der Waals surface area contributed by atoms with Crippen LogP contribution < -0.4 is 0 Å². The minimum Gasteiger partial charge on any atom is -0.309 e. The van der Waals surface area contributed by atoms with Gasteiger partial charge in [-0.2, -0.15) is 0 Å². The van der Waals surface area contributed by atoms with Crippen molar-refractivity contribution >= 4 is 67.9 Å². The number of para-hydroxylation sites is 4. The average Bonchev–Trinajstić information content (AvgIpc) is 4.29. The number of fused-ring (bicyclic) bond motifs is 12. The monoisotopic (exact) mass is 954 g/mol. The SMILES string of the molecule is C(=Cc1ccc2c(c1)C1(Cc3ccccc3C1)c1cc(C=Cc3ccc(-c4ccc5c(c4)c4ccccc4n5-c4ccccc4)cc3)ccc1-2)c1ccc(-c2ccc3c(c2)c2ccccc2n3-c2ccccc2)cc1. The minimum absolute atomic E-state index is 0.117. The third-order valence-electron chi connectivity index (χ3n) is 16.3. The molecule has 0 amide bonds. The van der Waals surface area contributed by atoms with Crippen LogP contribution in [0.4, 0.5) is 0 Å². The van der Waals surface area contributed by atoms with E-state index in [9.17, 15) is 0 Å². The Balaban J connectivity index is 0.698. The molecule has 0 saturated carbocycles. The van der Waals surface area contributed by atoms with Gasteiger partial charge in [-0.15, -0.1) is 0 Å². The predicted octanol–water partition coefficient (Wildman–Crippen LogP) is 18.6. The fraction of sp³-hybridized carbons (Fsp3) is 0.0411. The summed E-state index contributed by atoms with van der Waals surface area (Å²) < 4.78 is 4.75. The molecule has 2 heteroatoms. The van der Waals surface area contributed by atoms with E-state index in [0.717, 1.165) is 12.8 Å². The number of hydrogen-bond acceptors (Lipinski definition) is 0. The Kier molecular flexibility index (Phi) is 9.96. The van der Waals surface area contributed by atoms with E-state index in [1.54, 1.807) is 0 Å². The van der Waals surface area contributed by atoms with E-state index in [2.05, 4.69) is 288 Å². The molecule has 2 aliphatic rings. The third-order valence-corrected chi connectivity index (χ3v) is 16.3. The van der Waals surface area contributed by atoms with Crippen molar-refractivity contribution in [2.24, 2.45) is 0 Å². The summed E-state index contributed by atoms with van der Waals surface area (Å²) in [7, 11) is 0. The van der Waals surface area contributed by atoms with Gasteiger partial charge < -0.3 is 9.13 Å². The van der Waals surface area contributed by atoms with Crippen molar-refractivity contribution in [3.63, 3.8) is 0 Å². The van der Waals surface area contributed by atoms with Gasteiger partial charge in [-0.05, 0) is 151 Å². The number of hydrogen-bond donors (Lipinski definition) is 0. The van der Waals surface area contributed by atoms with Gasteiger partial charge in [0.2, 0.25) is 0 Å². The number of rotatable bonds is 8. The Morgan fingerprint density at radius 2 is 0.640 bits per heavy atom. The molecule has 2 aromatic heterocycles. The first-order valence-electron chi connectivity index (χ1n) is 26.2. The first kappa shape index (κ1) is 43.1. The molecule has 0 fully saturated rings. The van der Waals surface area contributed by atoms with Gasteiger partial charge in [-0.3, -0.25) is 0 Å². The van der Waals surface area contributed by atoms with Gasteiger partial charge in [0, 0.05) is 38.3 Å². The third kappa shape index (κ3) is 7.17. The molecule has 2 heterocycles. The average molecular weight is 955 g/mol. The number of benzene rings is 11. The Hall–Kier alpha value is -9.50. The van der Waals surface area contributed by atoms with Crippen molar-refractivity contribution in [2.75, 3.05) is 0 Å². The molecule has 0 bridgehead atoms. The second-order valence-corrected chi connectivity index (χ2v) is 20.6. The highest BCUT2D eigenvalue weighted by Crippen LogP contribution is 2.56. The summed E-state index contributed by atoms with van der Waals surface area (Å²) in [6.45, 7) is 0. The van der Waals surface area contributed by atoms with Gasteiger partial charge in [-0.25, -0.2) is 0 Å². The molecule has 352 valence electrons. The Morgan fingerprint density at radius 1 is 0.280 bits per heavy atom. The van der Waals surface area contributed by atoms with E-state index in [1.807, 2.05) is 0 Å². The lowest BCUT2D eigenvalue weighted by molar-refractivity contribution is 0.563. The molecule has 75 heavy (non-hydrogen) atoms. The summed E-state index contributed by atoms with van der Waals surface area (Å²) in [6.07, 6.45) is 11.1. The fourth-order valence-corrected chi connectivity index (χ4v) is 12.7. The zero-order valence-corrected chi connectivity index (χ0v) is 41.4. The topological polar surface area (TPSA) is 9.86 Å². The summed E-state index contributed by atoms with van der Waals surface area (Å²) in [6, 6.07) is 94.0. The van der Waals surface area contributed by atoms with E-state index in [4.69, 9.17) is 0 Å². The van der Waals surface area contributed by atoms with Crippen molar-refractivity contribution in [3.05, 3.63) is 299 Å². The lowest BCUT2D eigenvalue weighted by Gasteiger charge is -2.27. The van der Waals surface area contributed by atoms with Crippen LogP contribution in [0.5, 0.6) is 0 Å². The van der Waals surface area contributed by atoms with Crippen LogP contribution >= 0.6 is 0 Å². The highest BCUT2D eigenvalue weighted by atomic mass is 15.0. The molecule has 0 radical (unpaired) electrons. The summed E-state index contributed by atoms with van der Waals surface area (Å²) >= 11 is 0. The fourth-order valence-electron chi connectivity index (χ4n) is 12.7. The normalized spacial score (nSPS) is 13.5. The zero-order valence-electron chi connectivity index (χ0n) is 41.4. The van der Waals surface area contributed by atoms with Crippen molar-refractivity contribution in [1.82, 2.24) is 9.13 Å².